The number of halogens is 1. The molecule has 2 nitrogen and oxygen atoms in total. The normalized spacial score (nSPS) is 12.9. The highest BCUT2D eigenvalue weighted by Crippen LogP contribution is 2.28. The standard InChI is InChI=1S/C17H18FNOS/c1-2-7-19-15(9-12-6-8-21-11-12)16-10-13-4-3-5-14(18)17(13)20-16/h3-6,8,10-11,15,19H,2,7,9H2,1H3. The molecule has 0 saturated carbocycles. The van der Waals surface area contributed by atoms with E-state index >= 15 is 0 Å². The van der Waals surface area contributed by atoms with Crippen molar-refractivity contribution in [3.05, 3.63) is 58.2 Å². The molecule has 21 heavy (non-hydrogen) atoms. The van der Waals surface area contributed by atoms with Gasteiger partial charge in [-0.25, -0.2) is 4.39 Å². The highest BCUT2D eigenvalue weighted by molar-refractivity contribution is 7.07. The van der Waals surface area contributed by atoms with E-state index in [1.54, 1.807) is 17.4 Å². The number of hydrogen-bond donors (Lipinski definition) is 1. The average molecular weight is 303 g/mol. The highest BCUT2D eigenvalue weighted by Gasteiger charge is 2.18. The summed E-state index contributed by atoms with van der Waals surface area (Å²) in [5.74, 6) is 0.498. The molecule has 0 fully saturated rings. The quantitative estimate of drug-likeness (QED) is 0.699. The van der Waals surface area contributed by atoms with Crippen molar-refractivity contribution in [2.24, 2.45) is 0 Å². The van der Waals surface area contributed by atoms with E-state index in [0.29, 0.717) is 5.58 Å². The molecule has 0 spiro atoms. The first-order valence-corrected chi connectivity index (χ1v) is 8.14. The number of fused-ring (bicyclic) bond motifs is 1. The largest absolute Gasteiger partial charge is 0.456 e. The molecule has 3 rings (SSSR count). The Morgan fingerprint density at radius 2 is 2.24 bits per heavy atom. The van der Waals surface area contributed by atoms with Crippen molar-refractivity contribution in [3.8, 4) is 0 Å². The van der Waals surface area contributed by atoms with Crippen molar-refractivity contribution in [2.45, 2.75) is 25.8 Å². The van der Waals surface area contributed by atoms with Gasteiger partial charge in [-0.05, 0) is 53.9 Å². The molecule has 2 aromatic heterocycles. The van der Waals surface area contributed by atoms with Crippen molar-refractivity contribution in [3.63, 3.8) is 0 Å². The topological polar surface area (TPSA) is 25.2 Å². The van der Waals surface area contributed by atoms with E-state index in [2.05, 4.69) is 29.1 Å². The van der Waals surface area contributed by atoms with E-state index in [4.69, 9.17) is 4.42 Å². The molecule has 0 aliphatic carbocycles. The first-order chi connectivity index (χ1) is 10.3. The maximum Gasteiger partial charge on any atom is 0.169 e. The lowest BCUT2D eigenvalue weighted by molar-refractivity contribution is 0.421. The van der Waals surface area contributed by atoms with Crippen LogP contribution >= 0.6 is 11.3 Å². The fraction of sp³-hybridized carbons (Fsp3) is 0.294. The van der Waals surface area contributed by atoms with E-state index in [9.17, 15) is 4.39 Å². The van der Waals surface area contributed by atoms with Gasteiger partial charge in [-0.3, -0.25) is 0 Å². The third-order valence-electron chi connectivity index (χ3n) is 3.52. The molecule has 1 unspecified atom stereocenters. The summed E-state index contributed by atoms with van der Waals surface area (Å²) in [5.41, 5.74) is 1.62. The third kappa shape index (κ3) is 3.17. The number of rotatable bonds is 6. The van der Waals surface area contributed by atoms with Crippen LogP contribution in [0.15, 0.2) is 45.5 Å². The molecule has 4 heteroatoms. The molecule has 2 heterocycles. The van der Waals surface area contributed by atoms with Crippen molar-refractivity contribution in [1.82, 2.24) is 5.32 Å². The van der Waals surface area contributed by atoms with Crippen LogP contribution in [0.5, 0.6) is 0 Å². The molecule has 0 bridgehead atoms. The van der Waals surface area contributed by atoms with E-state index in [1.165, 1.54) is 11.6 Å². The minimum Gasteiger partial charge on any atom is -0.456 e. The van der Waals surface area contributed by atoms with Gasteiger partial charge in [0, 0.05) is 5.39 Å². The Morgan fingerprint density at radius 3 is 2.95 bits per heavy atom. The molecule has 1 atom stereocenters. The number of para-hydroxylation sites is 1. The van der Waals surface area contributed by atoms with Crippen LogP contribution in [0.1, 0.15) is 30.7 Å². The fourth-order valence-corrected chi connectivity index (χ4v) is 3.14. The van der Waals surface area contributed by atoms with Gasteiger partial charge in [-0.1, -0.05) is 19.1 Å². The van der Waals surface area contributed by atoms with Crippen molar-refractivity contribution in [2.75, 3.05) is 6.54 Å². The van der Waals surface area contributed by atoms with Gasteiger partial charge >= 0.3 is 0 Å². The Balaban J connectivity index is 1.91. The van der Waals surface area contributed by atoms with Crippen LogP contribution in [0.4, 0.5) is 4.39 Å². The van der Waals surface area contributed by atoms with Crippen molar-refractivity contribution in [1.29, 1.82) is 0 Å². The summed E-state index contributed by atoms with van der Waals surface area (Å²) in [6.45, 7) is 3.04. The van der Waals surface area contributed by atoms with E-state index in [1.807, 2.05) is 12.1 Å². The molecule has 0 radical (unpaired) electrons. The van der Waals surface area contributed by atoms with Gasteiger partial charge in [0.2, 0.25) is 0 Å². The predicted molar refractivity (Wildman–Crippen MR) is 85.2 cm³/mol. The number of benzene rings is 1. The number of furan rings is 1. The minimum atomic E-state index is -0.302. The second kappa shape index (κ2) is 6.41. The van der Waals surface area contributed by atoms with Gasteiger partial charge in [0.05, 0.1) is 6.04 Å². The first-order valence-electron chi connectivity index (χ1n) is 7.20. The first kappa shape index (κ1) is 14.3. The lowest BCUT2D eigenvalue weighted by Crippen LogP contribution is -2.23. The number of hydrogen-bond acceptors (Lipinski definition) is 3. The van der Waals surface area contributed by atoms with Crippen LogP contribution in [-0.4, -0.2) is 6.54 Å². The Hall–Kier alpha value is -1.65. The van der Waals surface area contributed by atoms with Gasteiger partial charge < -0.3 is 9.73 Å². The lowest BCUT2D eigenvalue weighted by atomic mass is 10.1. The van der Waals surface area contributed by atoms with Crippen LogP contribution in [0.2, 0.25) is 0 Å². The molecule has 110 valence electrons. The lowest BCUT2D eigenvalue weighted by Gasteiger charge is -2.15. The van der Waals surface area contributed by atoms with Gasteiger partial charge in [0.25, 0.3) is 0 Å². The van der Waals surface area contributed by atoms with E-state index in [0.717, 1.165) is 30.5 Å². The molecular weight excluding hydrogens is 285 g/mol. The van der Waals surface area contributed by atoms with Crippen LogP contribution in [0.3, 0.4) is 0 Å². The number of nitrogens with one attached hydrogen (secondary N) is 1. The molecule has 0 saturated heterocycles. The summed E-state index contributed by atoms with van der Waals surface area (Å²) in [5, 5.41) is 8.53. The summed E-state index contributed by atoms with van der Waals surface area (Å²) < 4.78 is 19.6. The maximum absolute atomic E-state index is 13.8. The summed E-state index contributed by atoms with van der Waals surface area (Å²) >= 11 is 1.69. The van der Waals surface area contributed by atoms with Crippen LogP contribution in [0, 0.1) is 5.82 Å². The molecule has 0 aliphatic heterocycles. The molecule has 3 aromatic rings. The Morgan fingerprint density at radius 1 is 1.33 bits per heavy atom. The minimum absolute atomic E-state index is 0.0753. The van der Waals surface area contributed by atoms with Crippen LogP contribution in [0.25, 0.3) is 11.0 Å². The second-order valence-electron chi connectivity index (χ2n) is 5.15. The summed E-state index contributed by atoms with van der Waals surface area (Å²) in [7, 11) is 0. The SMILES string of the molecule is CCCNC(Cc1ccsc1)c1cc2cccc(F)c2o1. The van der Waals surface area contributed by atoms with Crippen molar-refractivity contribution >= 4 is 22.3 Å². The Labute approximate surface area is 127 Å². The summed E-state index contributed by atoms with van der Waals surface area (Å²) in [4.78, 5) is 0. The zero-order valence-electron chi connectivity index (χ0n) is 11.9. The summed E-state index contributed by atoms with van der Waals surface area (Å²) in [6.07, 6.45) is 1.90. The van der Waals surface area contributed by atoms with Crippen molar-refractivity contribution < 1.29 is 8.81 Å². The smallest absolute Gasteiger partial charge is 0.169 e. The van der Waals surface area contributed by atoms with Gasteiger partial charge in [0.15, 0.2) is 11.4 Å². The van der Waals surface area contributed by atoms with E-state index < -0.39 is 0 Å². The number of thiophene rings is 1. The van der Waals surface area contributed by atoms with Crippen LogP contribution in [-0.2, 0) is 6.42 Å². The molecular formula is C17H18FNOS. The molecule has 1 N–H and O–H groups in total. The second-order valence-corrected chi connectivity index (χ2v) is 5.93. The molecule has 1 aromatic carbocycles. The molecule has 0 amide bonds. The van der Waals surface area contributed by atoms with Gasteiger partial charge in [0.1, 0.15) is 5.76 Å². The zero-order chi connectivity index (χ0) is 14.7. The monoisotopic (exact) mass is 303 g/mol. The van der Waals surface area contributed by atoms with E-state index in [-0.39, 0.29) is 11.9 Å². The molecule has 0 aliphatic rings. The fourth-order valence-electron chi connectivity index (χ4n) is 2.46. The zero-order valence-corrected chi connectivity index (χ0v) is 12.8. The maximum atomic E-state index is 13.8. The van der Waals surface area contributed by atoms with Crippen LogP contribution < -0.4 is 5.32 Å². The third-order valence-corrected chi connectivity index (χ3v) is 4.25. The average Bonchev–Trinajstić information content (AvgIpc) is 3.13. The Kier molecular flexibility index (Phi) is 4.36. The van der Waals surface area contributed by atoms with Gasteiger partial charge in [-0.15, -0.1) is 0 Å². The predicted octanol–water partition coefficient (Wildman–Crippen LogP) is 4.92. The Bertz CT molecular complexity index is 705. The summed E-state index contributed by atoms with van der Waals surface area (Å²) in [6, 6.07) is 9.17. The van der Waals surface area contributed by atoms with Gasteiger partial charge in [-0.2, -0.15) is 11.3 Å². The highest BCUT2D eigenvalue weighted by atomic mass is 32.1.